The van der Waals surface area contributed by atoms with E-state index in [9.17, 15) is 9.18 Å². The molecule has 0 aromatic heterocycles. The first-order valence-corrected chi connectivity index (χ1v) is 6.77. The van der Waals surface area contributed by atoms with Gasteiger partial charge >= 0.3 is 0 Å². The van der Waals surface area contributed by atoms with Crippen LogP contribution < -0.4 is 10.1 Å². The maximum Gasteiger partial charge on any atom is 0.260 e. The van der Waals surface area contributed by atoms with Gasteiger partial charge in [0, 0.05) is 12.1 Å². The van der Waals surface area contributed by atoms with Crippen LogP contribution in [0.1, 0.15) is 33.1 Å². The summed E-state index contributed by atoms with van der Waals surface area (Å²) in [5.41, 5.74) is 0. The Bertz CT molecular complexity index is 450. The van der Waals surface area contributed by atoms with E-state index in [1.807, 2.05) is 0 Å². The first-order chi connectivity index (χ1) is 9.04. The molecule has 0 spiro atoms. The van der Waals surface area contributed by atoms with Crippen molar-refractivity contribution in [3.63, 3.8) is 0 Å². The molecule has 1 saturated carbocycles. The van der Waals surface area contributed by atoms with Crippen LogP contribution in [0.2, 0.25) is 0 Å². The Kier molecular flexibility index (Phi) is 4.40. The van der Waals surface area contributed by atoms with E-state index in [0.29, 0.717) is 11.7 Å². The molecule has 2 rings (SSSR count). The minimum atomic E-state index is -0.613. The summed E-state index contributed by atoms with van der Waals surface area (Å²) in [5, 5.41) is 2.99. The minimum Gasteiger partial charge on any atom is -0.481 e. The summed E-state index contributed by atoms with van der Waals surface area (Å²) in [6.07, 6.45) is 2.60. The van der Waals surface area contributed by atoms with Crippen molar-refractivity contribution in [3.05, 3.63) is 30.1 Å². The second kappa shape index (κ2) is 6.04. The van der Waals surface area contributed by atoms with Gasteiger partial charge in [0.2, 0.25) is 0 Å². The van der Waals surface area contributed by atoms with Crippen molar-refractivity contribution in [2.24, 2.45) is 5.92 Å². The summed E-state index contributed by atoms with van der Waals surface area (Å²) in [4.78, 5) is 12.0. The Balaban J connectivity index is 1.85. The molecule has 3 unspecified atom stereocenters. The van der Waals surface area contributed by atoms with Gasteiger partial charge in [0.05, 0.1) is 0 Å². The highest BCUT2D eigenvalue weighted by molar-refractivity contribution is 5.81. The topological polar surface area (TPSA) is 38.3 Å². The SMILES string of the molecule is CC1CCC(NC(=O)C(C)Oc2cccc(F)c2)C1. The molecule has 3 atom stereocenters. The van der Waals surface area contributed by atoms with Crippen molar-refractivity contribution >= 4 is 5.91 Å². The number of carbonyl (C=O) groups excluding carboxylic acids is 1. The molecule has 1 aromatic carbocycles. The lowest BCUT2D eigenvalue weighted by molar-refractivity contribution is -0.128. The van der Waals surface area contributed by atoms with Crippen LogP contribution in [-0.2, 0) is 4.79 Å². The molecule has 1 amide bonds. The summed E-state index contributed by atoms with van der Waals surface area (Å²) < 4.78 is 18.5. The Morgan fingerprint density at radius 3 is 2.89 bits per heavy atom. The van der Waals surface area contributed by atoms with Crippen LogP contribution in [0, 0.1) is 11.7 Å². The van der Waals surface area contributed by atoms with Crippen molar-refractivity contribution in [2.75, 3.05) is 0 Å². The van der Waals surface area contributed by atoms with Crippen LogP contribution >= 0.6 is 0 Å². The van der Waals surface area contributed by atoms with E-state index in [4.69, 9.17) is 4.74 Å². The number of hydrogen-bond donors (Lipinski definition) is 1. The average molecular weight is 265 g/mol. The monoisotopic (exact) mass is 265 g/mol. The van der Waals surface area contributed by atoms with E-state index in [1.54, 1.807) is 19.1 Å². The molecule has 19 heavy (non-hydrogen) atoms. The van der Waals surface area contributed by atoms with Crippen LogP contribution in [0.5, 0.6) is 5.75 Å². The van der Waals surface area contributed by atoms with Crippen LogP contribution in [0.4, 0.5) is 4.39 Å². The van der Waals surface area contributed by atoms with Gasteiger partial charge in [-0.2, -0.15) is 0 Å². The van der Waals surface area contributed by atoms with Gasteiger partial charge in [0.1, 0.15) is 11.6 Å². The third-order valence-corrected chi connectivity index (χ3v) is 3.52. The quantitative estimate of drug-likeness (QED) is 0.909. The van der Waals surface area contributed by atoms with Gasteiger partial charge in [-0.3, -0.25) is 4.79 Å². The predicted octanol–water partition coefficient (Wildman–Crippen LogP) is 2.90. The zero-order valence-corrected chi connectivity index (χ0v) is 11.4. The zero-order valence-electron chi connectivity index (χ0n) is 11.4. The molecule has 0 saturated heterocycles. The number of amides is 1. The van der Waals surface area contributed by atoms with E-state index in [0.717, 1.165) is 19.3 Å². The fraction of sp³-hybridized carbons (Fsp3) is 0.533. The molecule has 1 aliphatic carbocycles. The molecule has 0 heterocycles. The van der Waals surface area contributed by atoms with Gasteiger partial charge in [0.15, 0.2) is 6.10 Å². The molecule has 1 fully saturated rings. The molecule has 0 aliphatic heterocycles. The van der Waals surface area contributed by atoms with E-state index in [-0.39, 0.29) is 17.8 Å². The number of carbonyl (C=O) groups is 1. The summed E-state index contributed by atoms with van der Waals surface area (Å²) >= 11 is 0. The lowest BCUT2D eigenvalue weighted by Crippen LogP contribution is -2.41. The second-order valence-corrected chi connectivity index (χ2v) is 5.34. The molecular weight excluding hydrogens is 245 g/mol. The number of hydrogen-bond acceptors (Lipinski definition) is 2. The molecule has 1 aromatic rings. The zero-order chi connectivity index (χ0) is 13.8. The van der Waals surface area contributed by atoms with Gasteiger partial charge in [-0.1, -0.05) is 13.0 Å². The number of nitrogens with one attached hydrogen (secondary N) is 1. The molecule has 0 radical (unpaired) electrons. The molecular formula is C15H20FNO2. The number of ether oxygens (including phenoxy) is 1. The van der Waals surface area contributed by atoms with Crippen LogP contribution in [0.3, 0.4) is 0 Å². The standard InChI is InChI=1S/C15H20FNO2/c1-10-6-7-13(8-10)17-15(18)11(2)19-14-5-3-4-12(16)9-14/h3-5,9-11,13H,6-8H2,1-2H3,(H,17,18). The number of halogens is 1. The van der Waals surface area contributed by atoms with Crippen molar-refractivity contribution in [3.8, 4) is 5.75 Å². The largest absolute Gasteiger partial charge is 0.481 e. The Labute approximate surface area is 113 Å². The van der Waals surface area contributed by atoms with Crippen LogP contribution in [0.25, 0.3) is 0 Å². The first-order valence-electron chi connectivity index (χ1n) is 6.77. The molecule has 4 heteroatoms. The van der Waals surface area contributed by atoms with Gasteiger partial charge in [0.25, 0.3) is 5.91 Å². The second-order valence-electron chi connectivity index (χ2n) is 5.34. The third-order valence-electron chi connectivity index (χ3n) is 3.52. The molecule has 1 aliphatic rings. The highest BCUT2D eigenvalue weighted by atomic mass is 19.1. The molecule has 1 N–H and O–H groups in total. The van der Waals surface area contributed by atoms with Crippen molar-refractivity contribution in [2.45, 2.75) is 45.3 Å². The normalized spacial score (nSPS) is 23.9. The van der Waals surface area contributed by atoms with Crippen LogP contribution in [-0.4, -0.2) is 18.1 Å². The fourth-order valence-electron chi connectivity index (χ4n) is 2.45. The lowest BCUT2D eigenvalue weighted by Gasteiger charge is -2.18. The highest BCUT2D eigenvalue weighted by Gasteiger charge is 2.25. The van der Waals surface area contributed by atoms with E-state index < -0.39 is 6.10 Å². The smallest absolute Gasteiger partial charge is 0.260 e. The van der Waals surface area contributed by atoms with Crippen molar-refractivity contribution in [1.29, 1.82) is 0 Å². The molecule has 3 nitrogen and oxygen atoms in total. The molecule has 104 valence electrons. The summed E-state index contributed by atoms with van der Waals surface area (Å²) in [7, 11) is 0. The summed E-state index contributed by atoms with van der Waals surface area (Å²) in [6.45, 7) is 3.87. The van der Waals surface area contributed by atoms with Gasteiger partial charge in [-0.15, -0.1) is 0 Å². The number of benzene rings is 1. The van der Waals surface area contributed by atoms with Gasteiger partial charge in [-0.25, -0.2) is 4.39 Å². The minimum absolute atomic E-state index is 0.136. The maximum atomic E-state index is 13.0. The van der Waals surface area contributed by atoms with Gasteiger partial charge < -0.3 is 10.1 Å². The fourth-order valence-corrected chi connectivity index (χ4v) is 2.45. The average Bonchev–Trinajstić information content (AvgIpc) is 2.74. The maximum absolute atomic E-state index is 13.0. The van der Waals surface area contributed by atoms with Gasteiger partial charge in [-0.05, 0) is 44.2 Å². The van der Waals surface area contributed by atoms with E-state index in [2.05, 4.69) is 12.2 Å². The van der Waals surface area contributed by atoms with E-state index >= 15 is 0 Å². The first kappa shape index (κ1) is 13.8. The predicted molar refractivity (Wildman–Crippen MR) is 71.4 cm³/mol. The third kappa shape index (κ3) is 3.94. The van der Waals surface area contributed by atoms with Crippen molar-refractivity contribution < 1.29 is 13.9 Å². The Morgan fingerprint density at radius 2 is 2.26 bits per heavy atom. The van der Waals surface area contributed by atoms with Crippen molar-refractivity contribution in [1.82, 2.24) is 5.32 Å². The molecule has 0 bridgehead atoms. The highest BCUT2D eigenvalue weighted by Crippen LogP contribution is 2.24. The Hall–Kier alpha value is -1.58. The summed E-state index contributed by atoms with van der Waals surface area (Å²) in [6, 6.07) is 6.08. The Morgan fingerprint density at radius 1 is 1.47 bits per heavy atom. The lowest BCUT2D eigenvalue weighted by atomic mass is 10.1. The van der Waals surface area contributed by atoms with Crippen LogP contribution in [0.15, 0.2) is 24.3 Å². The number of rotatable bonds is 4. The summed E-state index contributed by atoms with van der Waals surface area (Å²) in [5.74, 6) is 0.547. The van der Waals surface area contributed by atoms with E-state index in [1.165, 1.54) is 12.1 Å².